The second kappa shape index (κ2) is 6.68. The van der Waals surface area contributed by atoms with Crippen LogP contribution in [0, 0.1) is 5.41 Å². The molecule has 4 rings (SSSR count). The topological polar surface area (TPSA) is 63.4 Å². The molecule has 144 valence electrons. The van der Waals surface area contributed by atoms with Crippen molar-refractivity contribution in [2.75, 3.05) is 23.3 Å². The van der Waals surface area contributed by atoms with Crippen molar-refractivity contribution in [1.82, 2.24) is 4.98 Å². The van der Waals surface area contributed by atoms with Gasteiger partial charge in [-0.05, 0) is 63.0 Å². The number of pyridine rings is 1. The fourth-order valence-electron chi connectivity index (χ4n) is 5.26. The van der Waals surface area contributed by atoms with Gasteiger partial charge in [0.05, 0.1) is 23.6 Å². The maximum absolute atomic E-state index is 5.99. The Bertz CT molecular complexity index is 637. The van der Waals surface area contributed by atoms with Crippen molar-refractivity contribution in [2.24, 2.45) is 11.1 Å². The SMILES string of the molecule is CC(C)c1nc(N2C[C@@H](C)O[C@@H](C)C2)ccc1NC1CC2(CC(N)C2)C1. The number of hydrogen-bond donors (Lipinski definition) is 2. The van der Waals surface area contributed by atoms with Gasteiger partial charge in [0, 0.05) is 25.2 Å². The molecule has 0 radical (unpaired) electrons. The Hall–Kier alpha value is -1.33. The van der Waals surface area contributed by atoms with E-state index in [-0.39, 0.29) is 12.2 Å². The van der Waals surface area contributed by atoms with Gasteiger partial charge in [0.25, 0.3) is 0 Å². The minimum absolute atomic E-state index is 0.251. The van der Waals surface area contributed by atoms with Gasteiger partial charge in [-0.1, -0.05) is 13.8 Å². The molecule has 0 bridgehead atoms. The fraction of sp³-hybridized carbons (Fsp3) is 0.762. The van der Waals surface area contributed by atoms with E-state index in [1.54, 1.807) is 0 Å². The molecule has 1 aliphatic heterocycles. The summed E-state index contributed by atoms with van der Waals surface area (Å²) in [5, 5.41) is 3.77. The number of nitrogens with zero attached hydrogens (tertiary/aromatic N) is 2. The summed E-state index contributed by atoms with van der Waals surface area (Å²) in [6.45, 7) is 10.6. The minimum atomic E-state index is 0.251. The molecule has 3 N–H and O–H groups in total. The summed E-state index contributed by atoms with van der Waals surface area (Å²) in [5.74, 6) is 1.48. The standard InChI is InChI=1S/C21H34N4O/c1-13(2)20-18(23-17-9-21(10-17)7-16(22)8-21)5-6-19(24-20)25-11-14(3)26-15(4)12-25/h5-6,13-17,23H,7-12,22H2,1-4H3/t14-,15+,16?,17?,21?. The summed E-state index contributed by atoms with van der Waals surface area (Å²) in [6.07, 6.45) is 5.46. The molecule has 5 heteroatoms. The molecular formula is C21H34N4O. The summed E-state index contributed by atoms with van der Waals surface area (Å²) >= 11 is 0. The molecule has 1 saturated heterocycles. The maximum Gasteiger partial charge on any atom is 0.129 e. The molecular weight excluding hydrogens is 324 g/mol. The van der Waals surface area contributed by atoms with Gasteiger partial charge in [0.15, 0.2) is 0 Å². The van der Waals surface area contributed by atoms with E-state index in [1.165, 1.54) is 37.1 Å². The van der Waals surface area contributed by atoms with Crippen LogP contribution in [-0.2, 0) is 4.74 Å². The monoisotopic (exact) mass is 358 g/mol. The van der Waals surface area contributed by atoms with Gasteiger partial charge in [0.1, 0.15) is 5.82 Å². The van der Waals surface area contributed by atoms with E-state index in [0.717, 1.165) is 18.9 Å². The second-order valence-corrected chi connectivity index (χ2v) is 9.34. The normalized spacial score (nSPS) is 36.8. The largest absolute Gasteiger partial charge is 0.381 e. The van der Waals surface area contributed by atoms with E-state index in [0.29, 0.717) is 23.4 Å². The number of nitrogens with one attached hydrogen (secondary N) is 1. The Morgan fingerprint density at radius 2 is 1.81 bits per heavy atom. The van der Waals surface area contributed by atoms with Crippen LogP contribution >= 0.6 is 0 Å². The first-order valence-electron chi connectivity index (χ1n) is 10.3. The van der Waals surface area contributed by atoms with E-state index < -0.39 is 0 Å². The molecule has 2 aliphatic carbocycles. The van der Waals surface area contributed by atoms with Crippen molar-refractivity contribution in [3.8, 4) is 0 Å². The quantitative estimate of drug-likeness (QED) is 0.862. The number of rotatable bonds is 4. The number of ether oxygens (including phenoxy) is 1. The summed E-state index contributed by atoms with van der Waals surface area (Å²) in [6, 6.07) is 5.43. The van der Waals surface area contributed by atoms with Crippen molar-refractivity contribution in [1.29, 1.82) is 0 Å². The van der Waals surface area contributed by atoms with Gasteiger partial charge in [-0.3, -0.25) is 0 Å². The highest BCUT2D eigenvalue weighted by molar-refractivity contribution is 5.56. The van der Waals surface area contributed by atoms with Crippen LogP contribution < -0.4 is 16.0 Å². The summed E-state index contributed by atoms with van der Waals surface area (Å²) in [7, 11) is 0. The van der Waals surface area contributed by atoms with Crippen molar-refractivity contribution in [3.63, 3.8) is 0 Å². The molecule has 0 aromatic carbocycles. The van der Waals surface area contributed by atoms with Crippen LogP contribution in [0.25, 0.3) is 0 Å². The summed E-state index contributed by atoms with van der Waals surface area (Å²) in [4.78, 5) is 7.41. The molecule has 1 aromatic rings. The highest BCUT2D eigenvalue weighted by Crippen LogP contribution is 2.56. The lowest BCUT2D eigenvalue weighted by molar-refractivity contribution is -0.00546. The Morgan fingerprint density at radius 3 is 2.38 bits per heavy atom. The van der Waals surface area contributed by atoms with Gasteiger partial charge >= 0.3 is 0 Å². The van der Waals surface area contributed by atoms with Crippen LogP contribution in [0.5, 0.6) is 0 Å². The van der Waals surface area contributed by atoms with Crippen LogP contribution in [0.4, 0.5) is 11.5 Å². The molecule has 2 saturated carbocycles. The molecule has 3 fully saturated rings. The molecule has 26 heavy (non-hydrogen) atoms. The van der Waals surface area contributed by atoms with Crippen molar-refractivity contribution < 1.29 is 4.74 Å². The minimum Gasteiger partial charge on any atom is -0.381 e. The maximum atomic E-state index is 5.99. The van der Waals surface area contributed by atoms with Crippen molar-refractivity contribution >= 4 is 11.5 Å². The zero-order valence-electron chi connectivity index (χ0n) is 16.7. The molecule has 5 nitrogen and oxygen atoms in total. The number of hydrogen-bond acceptors (Lipinski definition) is 5. The third-order valence-corrected chi connectivity index (χ3v) is 6.31. The van der Waals surface area contributed by atoms with E-state index in [2.05, 4.69) is 50.0 Å². The lowest BCUT2D eigenvalue weighted by Gasteiger charge is -2.57. The first-order chi connectivity index (χ1) is 12.3. The van der Waals surface area contributed by atoms with E-state index >= 15 is 0 Å². The predicted octanol–water partition coefficient (Wildman–Crippen LogP) is 3.50. The molecule has 1 spiro atoms. The molecule has 0 unspecified atom stereocenters. The van der Waals surface area contributed by atoms with Crippen LogP contribution in [0.1, 0.15) is 65.0 Å². The lowest BCUT2D eigenvalue weighted by Crippen LogP contribution is -2.57. The van der Waals surface area contributed by atoms with E-state index in [1.807, 2.05) is 0 Å². The molecule has 1 aromatic heterocycles. The van der Waals surface area contributed by atoms with Gasteiger partial charge in [-0.15, -0.1) is 0 Å². The van der Waals surface area contributed by atoms with E-state index in [9.17, 15) is 0 Å². The van der Waals surface area contributed by atoms with Gasteiger partial charge in [0.2, 0.25) is 0 Å². The van der Waals surface area contributed by atoms with E-state index in [4.69, 9.17) is 15.5 Å². The lowest BCUT2D eigenvalue weighted by atomic mass is 9.52. The highest BCUT2D eigenvalue weighted by atomic mass is 16.5. The van der Waals surface area contributed by atoms with Gasteiger partial charge in [-0.25, -0.2) is 4.98 Å². The van der Waals surface area contributed by atoms with Crippen molar-refractivity contribution in [2.45, 2.75) is 83.6 Å². The van der Waals surface area contributed by atoms with Crippen LogP contribution in [-0.4, -0.2) is 42.4 Å². The van der Waals surface area contributed by atoms with Crippen molar-refractivity contribution in [3.05, 3.63) is 17.8 Å². The second-order valence-electron chi connectivity index (χ2n) is 9.34. The first kappa shape index (κ1) is 18.1. The van der Waals surface area contributed by atoms with Gasteiger partial charge in [-0.2, -0.15) is 0 Å². The number of nitrogens with two attached hydrogens (primary N) is 1. The zero-order valence-corrected chi connectivity index (χ0v) is 16.7. The third-order valence-electron chi connectivity index (χ3n) is 6.31. The van der Waals surface area contributed by atoms with Crippen LogP contribution in [0.2, 0.25) is 0 Å². The van der Waals surface area contributed by atoms with Gasteiger partial charge < -0.3 is 20.7 Å². The Labute approximate surface area is 157 Å². The Morgan fingerprint density at radius 1 is 1.15 bits per heavy atom. The fourth-order valence-corrected chi connectivity index (χ4v) is 5.26. The Kier molecular flexibility index (Phi) is 4.64. The average molecular weight is 359 g/mol. The Balaban J connectivity index is 1.46. The number of anilines is 2. The molecule has 2 atom stereocenters. The first-order valence-corrected chi connectivity index (χ1v) is 10.3. The number of aromatic nitrogens is 1. The predicted molar refractivity (Wildman–Crippen MR) is 107 cm³/mol. The molecule has 3 aliphatic rings. The smallest absolute Gasteiger partial charge is 0.129 e. The molecule has 0 amide bonds. The zero-order chi connectivity index (χ0) is 18.5. The highest BCUT2D eigenvalue weighted by Gasteiger charge is 2.51. The summed E-state index contributed by atoms with van der Waals surface area (Å²) in [5.41, 5.74) is 8.94. The van der Waals surface area contributed by atoms with Crippen LogP contribution in [0.15, 0.2) is 12.1 Å². The molecule has 2 heterocycles. The van der Waals surface area contributed by atoms with Crippen LogP contribution in [0.3, 0.4) is 0 Å². The number of morpholine rings is 1. The third kappa shape index (κ3) is 3.44. The average Bonchev–Trinajstić information content (AvgIpc) is 2.50. The summed E-state index contributed by atoms with van der Waals surface area (Å²) < 4.78 is 5.87.